The second kappa shape index (κ2) is 7.23. The molecule has 4 aromatic rings. The molecule has 3 aromatic heterocycles. The van der Waals surface area contributed by atoms with Crippen LogP contribution < -0.4 is 20.3 Å². The Labute approximate surface area is 176 Å². The van der Waals surface area contributed by atoms with Crippen LogP contribution in [0.4, 0.5) is 18.9 Å². The molecule has 2 N–H and O–H groups in total. The third-order valence-corrected chi connectivity index (χ3v) is 5.63. The van der Waals surface area contributed by atoms with E-state index in [0.717, 1.165) is 39.4 Å². The van der Waals surface area contributed by atoms with E-state index in [0.29, 0.717) is 10.2 Å². The van der Waals surface area contributed by atoms with Gasteiger partial charge in [-0.2, -0.15) is 0 Å². The number of anilines is 1. The Morgan fingerprint density at radius 1 is 1.26 bits per heavy atom. The number of thiophene rings is 1. The highest BCUT2D eigenvalue weighted by Gasteiger charge is 2.33. The van der Waals surface area contributed by atoms with Gasteiger partial charge in [-0.25, -0.2) is 4.98 Å². The smallest absolute Gasteiger partial charge is 0.539 e. The Hall–Kier alpha value is -3.67. The number of hydrogen-bond acceptors (Lipinski definition) is 8. The van der Waals surface area contributed by atoms with Gasteiger partial charge in [0.15, 0.2) is 5.95 Å². The summed E-state index contributed by atoms with van der Waals surface area (Å²) < 4.78 is 46.4. The Bertz CT molecular complexity index is 1310. The average Bonchev–Trinajstić information content (AvgIpc) is 3.22. The number of pyridine rings is 1. The minimum Gasteiger partial charge on any atom is -0.539 e. The van der Waals surface area contributed by atoms with E-state index in [-0.39, 0.29) is 16.3 Å². The first-order chi connectivity index (χ1) is 14.5. The highest BCUT2D eigenvalue weighted by molar-refractivity contribution is 7.21. The highest BCUT2D eigenvalue weighted by atomic mass is 32.1. The van der Waals surface area contributed by atoms with Crippen LogP contribution in [-0.2, 0) is 0 Å². The maximum Gasteiger partial charge on any atom is 0.573 e. The molecule has 160 valence electrons. The van der Waals surface area contributed by atoms with Gasteiger partial charge in [-0.05, 0) is 42.3 Å². The lowest BCUT2D eigenvalue weighted by Crippen LogP contribution is -2.39. The molecule has 0 spiro atoms. The molecular formula is C19H13F3N4O4S. The number of hydrogen-bond donors (Lipinski definition) is 1. The maximum absolute atomic E-state index is 13.1. The molecule has 0 fully saturated rings. The van der Waals surface area contributed by atoms with E-state index >= 15 is 0 Å². The number of carbonyl (C=O) groups excluding carboxylic acids is 1. The zero-order valence-corrected chi connectivity index (χ0v) is 16.8. The number of ether oxygens (including phenoxy) is 1. The van der Waals surface area contributed by atoms with Gasteiger partial charge in [0.05, 0.1) is 11.0 Å². The number of ketones is 1. The number of nitrogens with two attached hydrogens (primary N) is 1. The molecule has 12 heteroatoms. The number of aromatic nitrogens is 3. The summed E-state index contributed by atoms with van der Waals surface area (Å²) in [5.41, 5.74) is 7.65. The van der Waals surface area contributed by atoms with Gasteiger partial charge in [-0.1, -0.05) is 0 Å². The van der Waals surface area contributed by atoms with E-state index in [1.54, 1.807) is 6.07 Å². The highest BCUT2D eigenvalue weighted by Crippen LogP contribution is 2.35. The number of fused-ring (bicyclic) bond motifs is 1. The fourth-order valence-corrected chi connectivity index (χ4v) is 3.97. The fourth-order valence-electron chi connectivity index (χ4n) is 2.91. The topological polar surface area (TPSA) is 118 Å². The van der Waals surface area contributed by atoms with Crippen LogP contribution in [0.5, 0.6) is 11.7 Å². The van der Waals surface area contributed by atoms with Gasteiger partial charge in [0.25, 0.3) is 5.78 Å². The van der Waals surface area contributed by atoms with Crippen LogP contribution >= 0.6 is 11.3 Å². The van der Waals surface area contributed by atoms with E-state index in [1.807, 2.05) is 13.8 Å². The number of benzene rings is 1. The summed E-state index contributed by atoms with van der Waals surface area (Å²) in [6.45, 7) is 3.68. The lowest BCUT2D eigenvalue weighted by Gasteiger charge is -2.07. The molecule has 0 radical (unpaired) electrons. The summed E-state index contributed by atoms with van der Waals surface area (Å²) in [5.74, 6) is -2.23. The van der Waals surface area contributed by atoms with Crippen LogP contribution in [0, 0.1) is 13.8 Å². The van der Waals surface area contributed by atoms with Crippen LogP contribution in [0.1, 0.15) is 26.6 Å². The molecule has 3 heterocycles. The van der Waals surface area contributed by atoms with Gasteiger partial charge in [-0.3, -0.25) is 4.79 Å². The monoisotopic (exact) mass is 450 g/mol. The van der Waals surface area contributed by atoms with Crippen LogP contribution in [0.2, 0.25) is 0 Å². The van der Waals surface area contributed by atoms with Crippen molar-refractivity contribution in [3.63, 3.8) is 0 Å². The standard InChI is InChI=1S/C19H13F3N4O4S/c1-8-7-12-13(23)16(31-17(12)24-9(8)2)15(27)14-18(28)30-25-26(14)10-3-5-11(6-4-10)29-19(20,21)22/h3-7H,1-2H3,(H2-,23,25,27,28). The Morgan fingerprint density at radius 3 is 2.58 bits per heavy atom. The van der Waals surface area contributed by atoms with Crippen LogP contribution in [0.15, 0.2) is 34.9 Å². The summed E-state index contributed by atoms with van der Waals surface area (Å²) in [4.78, 5) is 18.2. The largest absolute Gasteiger partial charge is 0.573 e. The Balaban J connectivity index is 1.75. The molecule has 4 rings (SSSR count). The zero-order chi connectivity index (χ0) is 22.5. The van der Waals surface area contributed by atoms with Crippen LogP contribution in [0.25, 0.3) is 15.9 Å². The summed E-state index contributed by atoms with van der Waals surface area (Å²) in [5, 5.41) is 16.3. The number of alkyl halides is 3. The predicted octanol–water partition coefficient (Wildman–Crippen LogP) is 2.96. The lowest BCUT2D eigenvalue weighted by molar-refractivity contribution is -0.672. The molecule has 8 nitrogen and oxygen atoms in total. The lowest BCUT2D eigenvalue weighted by atomic mass is 10.1. The quantitative estimate of drug-likeness (QED) is 0.375. The number of rotatable bonds is 4. The van der Waals surface area contributed by atoms with E-state index in [9.17, 15) is 23.1 Å². The Kier molecular flexibility index (Phi) is 4.81. The van der Waals surface area contributed by atoms with E-state index in [1.165, 1.54) is 12.1 Å². The molecule has 0 aliphatic heterocycles. The van der Waals surface area contributed by atoms with Crippen molar-refractivity contribution >= 4 is 33.0 Å². The maximum atomic E-state index is 13.1. The molecule has 0 saturated carbocycles. The Morgan fingerprint density at radius 2 is 1.94 bits per heavy atom. The molecule has 31 heavy (non-hydrogen) atoms. The molecule has 0 aliphatic carbocycles. The number of halogens is 3. The van der Waals surface area contributed by atoms with Crippen LogP contribution in [0.3, 0.4) is 0 Å². The molecule has 0 amide bonds. The first kappa shape index (κ1) is 20.6. The van der Waals surface area contributed by atoms with Crippen molar-refractivity contribution in [2.75, 3.05) is 5.73 Å². The first-order valence-corrected chi connectivity index (χ1v) is 9.53. The van der Waals surface area contributed by atoms with Crippen molar-refractivity contribution in [2.45, 2.75) is 20.2 Å². The van der Waals surface area contributed by atoms with Gasteiger partial charge in [0, 0.05) is 23.2 Å². The fraction of sp³-hybridized carbons (Fsp3) is 0.158. The second-order valence-electron chi connectivity index (χ2n) is 6.58. The van der Waals surface area contributed by atoms with Crippen molar-refractivity contribution in [1.29, 1.82) is 0 Å². The number of nitrogen functional groups attached to an aromatic ring is 1. The first-order valence-electron chi connectivity index (χ1n) is 8.71. The van der Waals surface area contributed by atoms with Gasteiger partial charge in [0.2, 0.25) is 5.69 Å². The molecule has 0 bridgehead atoms. The number of aryl methyl sites for hydroxylation is 2. The third-order valence-electron chi connectivity index (χ3n) is 4.51. The summed E-state index contributed by atoms with van der Waals surface area (Å²) >= 11 is 1.02. The molecule has 0 atom stereocenters. The average molecular weight is 450 g/mol. The third kappa shape index (κ3) is 3.77. The van der Waals surface area contributed by atoms with E-state index in [2.05, 4.69) is 19.5 Å². The molecule has 0 saturated heterocycles. The van der Waals surface area contributed by atoms with Crippen molar-refractivity contribution in [1.82, 2.24) is 10.3 Å². The van der Waals surface area contributed by atoms with Crippen molar-refractivity contribution in [2.24, 2.45) is 0 Å². The normalized spacial score (nSPS) is 11.8. The van der Waals surface area contributed by atoms with Gasteiger partial charge in [0.1, 0.15) is 15.5 Å². The van der Waals surface area contributed by atoms with Gasteiger partial charge >= 0.3 is 12.1 Å². The summed E-state index contributed by atoms with van der Waals surface area (Å²) in [6.07, 6.45) is -4.85. The van der Waals surface area contributed by atoms with Gasteiger partial charge < -0.3 is 20.1 Å². The molecule has 1 aromatic carbocycles. The predicted molar refractivity (Wildman–Crippen MR) is 101 cm³/mol. The zero-order valence-electron chi connectivity index (χ0n) is 16.0. The van der Waals surface area contributed by atoms with E-state index in [4.69, 9.17) is 5.73 Å². The van der Waals surface area contributed by atoms with E-state index < -0.39 is 29.5 Å². The molecule has 0 aliphatic rings. The van der Waals surface area contributed by atoms with Crippen LogP contribution in [-0.4, -0.2) is 22.4 Å². The molecular weight excluding hydrogens is 437 g/mol. The molecule has 0 unspecified atom stereocenters. The second-order valence-corrected chi connectivity index (χ2v) is 7.58. The SMILES string of the molecule is Cc1cc2c(N)c(C(=O)c3c([O-])on[n+]3-c3ccc(OC(F)(F)F)cc3)sc2nc1C. The van der Waals surface area contributed by atoms with Crippen molar-refractivity contribution in [3.8, 4) is 17.4 Å². The minimum absolute atomic E-state index is 0.0820. The number of nitrogens with zero attached hydrogens (tertiary/aromatic N) is 3. The number of carbonyl (C=O) groups is 1. The summed E-state index contributed by atoms with van der Waals surface area (Å²) in [6, 6.07) is 6.24. The van der Waals surface area contributed by atoms with Gasteiger partial charge in [-0.15, -0.1) is 24.5 Å². The minimum atomic E-state index is -4.85. The van der Waals surface area contributed by atoms with Crippen molar-refractivity contribution in [3.05, 3.63) is 52.2 Å². The van der Waals surface area contributed by atoms with Crippen molar-refractivity contribution < 1.29 is 37.0 Å². The summed E-state index contributed by atoms with van der Waals surface area (Å²) in [7, 11) is 0.